The summed E-state index contributed by atoms with van der Waals surface area (Å²) in [4.78, 5) is 22.7. The Hall–Kier alpha value is -1.70. The van der Waals surface area contributed by atoms with Crippen molar-refractivity contribution in [2.45, 2.75) is 39.2 Å². The van der Waals surface area contributed by atoms with Crippen LogP contribution >= 0.6 is 0 Å². The minimum atomic E-state index is -0.853. The molecule has 0 saturated heterocycles. The molecular weight excluding hydrogens is 220 g/mol. The highest BCUT2D eigenvalue weighted by atomic mass is 16.4. The highest BCUT2D eigenvalue weighted by Crippen LogP contribution is 2.38. The lowest BCUT2D eigenvalue weighted by molar-refractivity contribution is -0.148. The Balaban J connectivity index is 2.52. The van der Waals surface area contributed by atoms with Gasteiger partial charge in [0.2, 0.25) is 0 Å². The Kier molecular flexibility index (Phi) is 4.38. The molecule has 1 rings (SSSR count). The van der Waals surface area contributed by atoms with Crippen LogP contribution < -0.4 is 10.6 Å². The van der Waals surface area contributed by atoms with Crippen LogP contribution in [0.1, 0.15) is 33.1 Å². The van der Waals surface area contributed by atoms with Crippen LogP contribution in [-0.4, -0.2) is 29.7 Å². The van der Waals surface area contributed by atoms with Crippen LogP contribution in [0.15, 0.2) is 0 Å². The number of amides is 2. The summed E-state index contributed by atoms with van der Waals surface area (Å²) in [5.41, 5.74) is -0.853. The number of carboxylic acid groups (broad SMARTS) is 1. The number of aliphatic carboxylic acids is 1. The largest absolute Gasteiger partial charge is 0.481 e. The van der Waals surface area contributed by atoms with Crippen molar-refractivity contribution in [2.75, 3.05) is 6.54 Å². The molecule has 0 bridgehead atoms. The summed E-state index contributed by atoms with van der Waals surface area (Å²) in [5, 5.41) is 14.5. The van der Waals surface area contributed by atoms with E-state index in [-0.39, 0.29) is 18.6 Å². The van der Waals surface area contributed by atoms with Gasteiger partial charge in [0, 0.05) is 6.04 Å². The van der Waals surface area contributed by atoms with Crippen LogP contribution in [0.2, 0.25) is 0 Å². The Morgan fingerprint density at radius 1 is 1.53 bits per heavy atom. The number of carbonyl (C=O) groups excluding carboxylic acids is 1. The molecule has 5 nitrogen and oxygen atoms in total. The number of nitrogens with one attached hydrogen (secondary N) is 2. The average molecular weight is 238 g/mol. The molecule has 2 amide bonds. The fraction of sp³-hybridized carbons (Fsp3) is 0.667. The van der Waals surface area contributed by atoms with Crippen LogP contribution in [-0.2, 0) is 4.79 Å². The van der Waals surface area contributed by atoms with E-state index in [0.29, 0.717) is 12.8 Å². The van der Waals surface area contributed by atoms with Crippen molar-refractivity contribution in [1.82, 2.24) is 10.6 Å². The molecule has 5 heteroatoms. The predicted octanol–water partition coefficient (Wildman–Crippen LogP) is 0.952. The van der Waals surface area contributed by atoms with Gasteiger partial charge in [-0.2, -0.15) is 0 Å². The molecule has 0 spiro atoms. The van der Waals surface area contributed by atoms with Crippen molar-refractivity contribution in [3.63, 3.8) is 0 Å². The van der Waals surface area contributed by atoms with Gasteiger partial charge in [0.25, 0.3) is 0 Å². The fourth-order valence-electron chi connectivity index (χ4n) is 2.08. The van der Waals surface area contributed by atoms with E-state index >= 15 is 0 Å². The number of urea groups is 1. The molecule has 94 valence electrons. The zero-order valence-electron chi connectivity index (χ0n) is 10.2. The maximum atomic E-state index is 11.5. The minimum absolute atomic E-state index is 0.277. The minimum Gasteiger partial charge on any atom is -0.481 e. The van der Waals surface area contributed by atoms with E-state index in [4.69, 9.17) is 0 Å². The smallest absolute Gasteiger partial charge is 0.315 e. The maximum absolute atomic E-state index is 11.5. The van der Waals surface area contributed by atoms with Crippen molar-refractivity contribution < 1.29 is 14.7 Å². The summed E-state index contributed by atoms with van der Waals surface area (Å²) in [5.74, 6) is 4.52. The van der Waals surface area contributed by atoms with Gasteiger partial charge < -0.3 is 15.7 Å². The summed E-state index contributed by atoms with van der Waals surface area (Å²) >= 11 is 0. The van der Waals surface area contributed by atoms with Crippen LogP contribution in [0.25, 0.3) is 0 Å². The van der Waals surface area contributed by atoms with Gasteiger partial charge >= 0.3 is 12.0 Å². The lowest BCUT2D eigenvalue weighted by atomic mass is 9.85. The molecule has 0 aromatic carbocycles. The number of carbonyl (C=O) groups is 2. The molecule has 0 aliphatic heterocycles. The second kappa shape index (κ2) is 5.58. The number of rotatable bonds is 3. The molecule has 2 atom stereocenters. The van der Waals surface area contributed by atoms with E-state index in [1.54, 1.807) is 13.8 Å². The summed E-state index contributed by atoms with van der Waals surface area (Å²) < 4.78 is 0. The van der Waals surface area contributed by atoms with E-state index in [1.165, 1.54) is 0 Å². The molecule has 1 aliphatic rings. The third-order valence-corrected chi connectivity index (χ3v) is 3.27. The second-order valence-electron chi connectivity index (χ2n) is 4.42. The van der Waals surface area contributed by atoms with Gasteiger partial charge in [-0.15, -0.1) is 5.92 Å². The van der Waals surface area contributed by atoms with Gasteiger partial charge in [-0.3, -0.25) is 4.79 Å². The second-order valence-corrected chi connectivity index (χ2v) is 4.42. The first-order valence-corrected chi connectivity index (χ1v) is 5.68. The molecule has 3 N–H and O–H groups in total. The third kappa shape index (κ3) is 3.13. The Morgan fingerprint density at radius 3 is 2.82 bits per heavy atom. The lowest BCUT2D eigenvalue weighted by Gasteiger charge is -2.27. The molecule has 0 heterocycles. The molecule has 2 unspecified atom stereocenters. The zero-order chi connectivity index (χ0) is 12.9. The van der Waals surface area contributed by atoms with Crippen molar-refractivity contribution in [1.29, 1.82) is 0 Å². The van der Waals surface area contributed by atoms with E-state index < -0.39 is 11.4 Å². The highest BCUT2D eigenvalue weighted by molar-refractivity contribution is 5.79. The van der Waals surface area contributed by atoms with Gasteiger partial charge in [0.15, 0.2) is 0 Å². The van der Waals surface area contributed by atoms with Crippen LogP contribution in [0.4, 0.5) is 4.79 Å². The SMILES string of the molecule is CC#CCNC(=O)NC1CCCC1(C)C(=O)O. The quantitative estimate of drug-likeness (QED) is 0.641. The Morgan fingerprint density at radius 2 is 2.24 bits per heavy atom. The van der Waals surface area contributed by atoms with Crippen LogP contribution in [0.5, 0.6) is 0 Å². The number of hydrogen-bond donors (Lipinski definition) is 3. The van der Waals surface area contributed by atoms with Crippen molar-refractivity contribution in [3.05, 3.63) is 0 Å². The van der Waals surface area contributed by atoms with Crippen LogP contribution in [0, 0.1) is 17.3 Å². The first kappa shape index (κ1) is 13.4. The first-order valence-electron chi connectivity index (χ1n) is 5.68. The van der Waals surface area contributed by atoms with Crippen molar-refractivity contribution >= 4 is 12.0 Å². The van der Waals surface area contributed by atoms with E-state index in [0.717, 1.165) is 6.42 Å². The van der Waals surface area contributed by atoms with E-state index in [2.05, 4.69) is 22.5 Å². The Bertz CT molecular complexity index is 370. The molecule has 17 heavy (non-hydrogen) atoms. The van der Waals surface area contributed by atoms with Crippen LogP contribution in [0.3, 0.4) is 0 Å². The van der Waals surface area contributed by atoms with Crippen molar-refractivity contribution in [3.8, 4) is 11.8 Å². The Labute approximate surface area is 101 Å². The normalized spacial score (nSPS) is 26.8. The lowest BCUT2D eigenvalue weighted by Crippen LogP contribution is -2.50. The fourth-order valence-corrected chi connectivity index (χ4v) is 2.08. The monoisotopic (exact) mass is 238 g/mol. The van der Waals surface area contributed by atoms with Gasteiger partial charge in [-0.1, -0.05) is 12.3 Å². The van der Waals surface area contributed by atoms with Gasteiger partial charge in [0.1, 0.15) is 0 Å². The van der Waals surface area contributed by atoms with E-state index in [9.17, 15) is 14.7 Å². The molecule has 1 saturated carbocycles. The summed E-state index contributed by atoms with van der Waals surface area (Å²) in [6.07, 6.45) is 2.13. The van der Waals surface area contributed by atoms with Crippen molar-refractivity contribution in [2.24, 2.45) is 5.41 Å². The molecule has 1 fully saturated rings. The topological polar surface area (TPSA) is 78.4 Å². The summed E-state index contributed by atoms with van der Waals surface area (Å²) in [6.45, 7) is 3.65. The molecule has 0 aromatic heterocycles. The highest BCUT2D eigenvalue weighted by Gasteiger charge is 2.45. The standard InChI is InChI=1S/C12H18N2O3/c1-3-4-8-13-11(17)14-9-6-5-7-12(9,2)10(15)16/h9H,5-8H2,1-2H3,(H,15,16)(H2,13,14,17). The molecule has 0 aromatic rings. The van der Waals surface area contributed by atoms with Gasteiger partial charge in [0.05, 0.1) is 12.0 Å². The van der Waals surface area contributed by atoms with Gasteiger partial charge in [-0.25, -0.2) is 4.79 Å². The summed E-state index contributed by atoms with van der Waals surface area (Å²) in [6, 6.07) is -0.665. The van der Waals surface area contributed by atoms with E-state index in [1.807, 2.05) is 0 Å². The zero-order valence-corrected chi connectivity index (χ0v) is 10.2. The maximum Gasteiger partial charge on any atom is 0.315 e. The number of carboxylic acids is 1. The molecular formula is C12H18N2O3. The van der Waals surface area contributed by atoms with Gasteiger partial charge in [-0.05, 0) is 26.7 Å². The predicted molar refractivity (Wildman–Crippen MR) is 63.4 cm³/mol. The average Bonchev–Trinajstić information content (AvgIpc) is 2.62. The third-order valence-electron chi connectivity index (χ3n) is 3.27. The first-order chi connectivity index (χ1) is 8.00. The molecule has 0 radical (unpaired) electrons. The number of hydrogen-bond acceptors (Lipinski definition) is 2. The summed E-state index contributed by atoms with van der Waals surface area (Å²) in [7, 11) is 0. The molecule has 1 aliphatic carbocycles.